The van der Waals surface area contributed by atoms with Gasteiger partial charge in [0.25, 0.3) is 0 Å². The summed E-state index contributed by atoms with van der Waals surface area (Å²) in [7, 11) is 0. The third kappa shape index (κ3) is 3.51. The molecule has 1 aliphatic carbocycles. The van der Waals surface area contributed by atoms with E-state index in [4.69, 9.17) is 17.3 Å². The molecule has 4 nitrogen and oxygen atoms in total. The predicted octanol–water partition coefficient (Wildman–Crippen LogP) is 4.11. The van der Waals surface area contributed by atoms with Gasteiger partial charge in [-0.3, -0.25) is 4.99 Å². The van der Waals surface area contributed by atoms with Crippen molar-refractivity contribution < 1.29 is 4.39 Å². The van der Waals surface area contributed by atoms with Crippen LogP contribution in [0.5, 0.6) is 0 Å². The number of hydrogen-bond donors (Lipinski definition) is 2. The van der Waals surface area contributed by atoms with Gasteiger partial charge < -0.3 is 11.1 Å². The van der Waals surface area contributed by atoms with Crippen LogP contribution in [0, 0.1) is 5.82 Å². The Morgan fingerprint density at radius 3 is 2.75 bits per heavy atom. The Hall–Kier alpha value is -2.14. The molecule has 1 aliphatic rings. The molecule has 1 aromatic heterocycles. The van der Waals surface area contributed by atoms with Crippen LogP contribution in [0.4, 0.5) is 10.2 Å². The minimum atomic E-state index is -0.342. The lowest BCUT2D eigenvalue weighted by atomic mass is 9.78. The molecule has 3 rings (SSSR count). The SMILES string of the molecule is NC(=NCC1(c2cccc(Cl)c2F)CCCC1)Nc1ccccn1. The maximum absolute atomic E-state index is 14.5. The zero-order valence-electron chi connectivity index (χ0n) is 13.3. The smallest absolute Gasteiger partial charge is 0.194 e. The number of anilines is 1. The van der Waals surface area contributed by atoms with Crippen molar-refractivity contribution in [2.45, 2.75) is 31.1 Å². The van der Waals surface area contributed by atoms with E-state index in [2.05, 4.69) is 15.3 Å². The summed E-state index contributed by atoms with van der Waals surface area (Å²) < 4.78 is 14.5. The van der Waals surface area contributed by atoms with Crippen molar-refractivity contribution in [1.82, 2.24) is 4.98 Å². The molecule has 24 heavy (non-hydrogen) atoms. The van der Waals surface area contributed by atoms with E-state index in [1.165, 1.54) is 0 Å². The monoisotopic (exact) mass is 346 g/mol. The molecule has 0 amide bonds. The number of aliphatic imine (C=N–C) groups is 1. The van der Waals surface area contributed by atoms with Gasteiger partial charge in [-0.15, -0.1) is 0 Å². The molecule has 126 valence electrons. The van der Waals surface area contributed by atoms with E-state index in [0.717, 1.165) is 25.7 Å². The lowest BCUT2D eigenvalue weighted by Crippen LogP contribution is -2.31. The Kier molecular flexibility index (Phi) is 5.00. The fourth-order valence-electron chi connectivity index (χ4n) is 3.32. The topological polar surface area (TPSA) is 63.3 Å². The molecular weight excluding hydrogens is 327 g/mol. The van der Waals surface area contributed by atoms with Crippen LogP contribution in [0.1, 0.15) is 31.2 Å². The van der Waals surface area contributed by atoms with Crippen molar-refractivity contribution in [2.24, 2.45) is 10.7 Å². The molecule has 1 fully saturated rings. The summed E-state index contributed by atoms with van der Waals surface area (Å²) in [6.07, 6.45) is 5.54. The molecule has 2 aromatic rings. The highest BCUT2D eigenvalue weighted by atomic mass is 35.5. The zero-order valence-corrected chi connectivity index (χ0v) is 14.1. The first-order valence-corrected chi connectivity index (χ1v) is 8.41. The number of nitrogens with one attached hydrogen (secondary N) is 1. The van der Waals surface area contributed by atoms with Crippen molar-refractivity contribution in [3.05, 3.63) is 59.0 Å². The summed E-state index contributed by atoms with van der Waals surface area (Å²) in [5.41, 5.74) is 6.27. The van der Waals surface area contributed by atoms with Crippen LogP contribution in [-0.4, -0.2) is 17.5 Å². The molecule has 3 N–H and O–H groups in total. The number of benzene rings is 1. The van der Waals surface area contributed by atoms with E-state index < -0.39 is 0 Å². The Bertz CT molecular complexity index is 727. The van der Waals surface area contributed by atoms with E-state index in [9.17, 15) is 4.39 Å². The van der Waals surface area contributed by atoms with Crippen LogP contribution in [0.2, 0.25) is 5.02 Å². The van der Waals surface area contributed by atoms with Gasteiger partial charge in [-0.1, -0.05) is 42.6 Å². The fraction of sp³-hybridized carbons (Fsp3) is 0.333. The minimum Gasteiger partial charge on any atom is -0.370 e. The molecule has 1 aromatic carbocycles. The molecule has 0 radical (unpaired) electrons. The van der Waals surface area contributed by atoms with E-state index >= 15 is 0 Å². The predicted molar refractivity (Wildman–Crippen MR) is 95.9 cm³/mol. The van der Waals surface area contributed by atoms with Gasteiger partial charge in [0.05, 0.1) is 11.6 Å². The quantitative estimate of drug-likeness (QED) is 0.646. The van der Waals surface area contributed by atoms with Crippen molar-refractivity contribution in [2.75, 3.05) is 11.9 Å². The number of hydrogen-bond acceptors (Lipinski definition) is 2. The van der Waals surface area contributed by atoms with Crippen LogP contribution >= 0.6 is 11.6 Å². The molecule has 0 saturated heterocycles. The molecule has 0 unspecified atom stereocenters. The first kappa shape index (κ1) is 16.7. The van der Waals surface area contributed by atoms with Crippen molar-refractivity contribution in [3.8, 4) is 0 Å². The summed E-state index contributed by atoms with van der Waals surface area (Å²) in [4.78, 5) is 8.60. The molecular formula is C18H20ClFN4. The highest BCUT2D eigenvalue weighted by Gasteiger charge is 2.38. The number of halogens is 2. The van der Waals surface area contributed by atoms with Crippen molar-refractivity contribution in [1.29, 1.82) is 0 Å². The van der Waals surface area contributed by atoms with Gasteiger partial charge in [0.2, 0.25) is 0 Å². The zero-order chi connectivity index (χ0) is 17.0. The summed E-state index contributed by atoms with van der Waals surface area (Å²) >= 11 is 5.97. The minimum absolute atomic E-state index is 0.155. The lowest BCUT2D eigenvalue weighted by Gasteiger charge is -2.28. The number of guanidine groups is 1. The maximum Gasteiger partial charge on any atom is 0.194 e. The van der Waals surface area contributed by atoms with Gasteiger partial charge in [-0.25, -0.2) is 9.37 Å². The third-order valence-corrected chi connectivity index (χ3v) is 4.85. The first-order valence-electron chi connectivity index (χ1n) is 8.03. The van der Waals surface area contributed by atoms with E-state index in [0.29, 0.717) is 17.9 Å². The molecule has 0 spiro atoms. The Morgan fingerprint density at radius 2 is 2.04 bits per heavy atom. The van der Waals surface area contributed by atoms with Crippen LogP contribution < -0.4 is 11.1 Å². The maximum atomic E-state index is 14.5. The second-order valence-corrected chi connectivity index (χ2v) is 6.54. The summed E-state index contributed by atoms with van der Waals surface area (Å²) in [6.45, 7) is 0.427. The fourth-order valence-corrected chi connectivity index (χ4v) is 3.50. The second-order valence-electron chi connectivity index (χ2n) is 6.13. The summed E-state index contributed by atoms with van der Waals surface area (Å²) in [5.74, 6) is 0.572. The molecule has 0 aliphatic heterocycles. The number of aromatic nitrogens is 1. The molecule has 6 heteroatoms. The molecule has 0 atom stereocenters. The van der Waals surface area contributed by atoms with E-state index in [-0.39, 0.29) is 22.2 Å². The first-order chi connectivity index (χ1) is 11.6. The average molecular weight is 347 g/mol. The average Bonchev–Trinajstić information content (AvgIpc) is 3.06. The number of pyridine rings is 1. The highest BCUT2D eigenvalue weighted by Crippen LogP contribution is 2.43. The van der Waals surface area contributed by atoms with Gasteiger partial charge in [0, 0.05) is 11.6 Å². The van der Waals surface area contributed by atoms with Crippen molar-refractivity contribution >= 4 is 23.4 Å². The Labute approximate surface area is 146 Å². The van der Waals surface area contributed by atoms with Gasteiger partial charge in [-0.2, -0.15) is 0 Å². The van der Waals surface area contributed by atoms with Crippen LogP contribution in [0.15, 0.2) is 47.6 Å². The lowest BCUT2D eigenvalue weighted by molar-refractivity contribution is 0.428. The molecule has 0 bridgehead atoms. The molecule has 1 heterocycles. The third-order valence-electron chi connectivity index (χ3n) is 4.56. The normalized spacial score (nSPS) is 17.0. The van der Waals surface area contributed by atoms with Crippen LogP contribution in [-0.2, 0) is 5.41 Å². The second kappa shape index (κ2) is 7.18. The number of nitrogens with zero attached hydrogens (tertiary/aromatic N) is 2. The van der Waals surface area contributed by atoms with Gasteiger partial charge in [0.1, 0.15) is 11.6 Å². The summed E-state index contributed by atoms with van der Waals surface area (Å²) in [6, 6.07) is 10.7. The number of nitrogens with two attached hydrogens (primary N) is 1. The Balaban J connectivity index is 1.81. The van der Waals surface area contributed by atoms with Crippen LogP contribution in [0.25, 0.3) is 0 Å². The molecule has 1 saturated carbocycles. The van der Waals surface area contributed by atoms with Gasteiger partial charge in [-0.05, 0) is 36.6 Å². The standard InChI is InChI=1S/C18H20ClFN4/c19-14-7-5-6-13(16(14)20)18(9-2-3-10-18)12-23-17(21)24-15-8-1-4-11-22-15/h1,4-8,11H,2-3,9-10,12H2,(H3,21,22,23,24). The Morgan fingerprint density at radius 1 is 1.25 bits per heavy atom. The summed E-state index contributed by atoms with van der Waals surface area (Å²) in [5, 5.41) is 3.11. The highest BCUT2D eigenvalue weighted by molar-refractivity contribution is 6.30. The number of rotatable bonds is 4. The largest absolute Gasteiger partial charge is 0.370 e. The van der Waals surface area contributed by atoms with Crippen molar-refractivity contribution in [3.63, 3.8) is 0 Å². The van der Waals surface area contributed by atoms with E-state index in [1.54, 1.807) is 18.3 Å². The van der Waals surface area contributed by atoms with Crippen LogP contribution in [0.3, 0.4) is 0 Å². The van der Waals surface area contributed by atoms with Gasteiger partial charge >= 0.3 is 0 Å². The van der Waals surface area contributed by atoms with Gasteiger partial charge in [0.15, 0.2) is 5.96 Å². The van der Waals surface area contributed by atoms with E-state index in [1.807, 2.05) is 24.3 Å².